The van der Waals surface area contributed by atoms with Crippen molar-refractivity contribution in [3.63, 3.8) is 0 Å². The summed E-state index contributed by atoms with van der Waals surface area (Å²) in [5.74, 6) is -0.188. The van der Waals surface area contributed by atoms with Crippen LogP contribution in [-0.2, 0) is 22.7 Å². The van der Waals surface area contributed by atoms with Crippen LogP contribution in [0.15, 0.2) is 18.2 Å². The summed E-state index contributed by atoms with van der Waals surface area (Å²) in [5, 5.41) is 24.5. The van der Waals surface area contributed by atoms with Gasteiger partial charge in [0.15, 0.2) is 0 Å². The summed E-state index contributed by atoms with van der Waals surface area (Å²) in [5.41, 5.74) is 1.46. The highest BCUT2D eigenvalue weighted by atomic mass is 32.2. The normalized spacial score (nSPS) is 13.3. The standard InChI is InChI=1S/C17H27N3O4S2/c1-25-8-6-14(16(21)22)18-10-12-4-3-5-13(20-12)11-19-15(17(23)24)7-9-26-2/h3-5,14-15,18-19H,6-11H2,1-2H3,(H,21,22)(H,23,24)/t14-,15-/m0/s1. The molecule has 0 aliphatic heterocycles. The molecule has 0 saturated carbocycles. The number of carboxylic acids is 2. The smallest absolute Gasteiger partial charge is 0.320 e. The van der Waals surface area contributed by atoms with Gasteiger partial charge >= 0.3 is 11.9 Å². The quantitative estimate of drug-likeness (QED) is 0.370. The molecule has 4 N–H and O–H groups in total. The van der Waals surface area contributed by atoms with Crippen molar-refractivity contribution in [3.05, 3.63) is 29.6 Å². The number of nitrogens with one attached hydrogen (secondary N) is 2. The second-order valence-electron chi connectivity index (χ2n) is 5.73. The summed E-state index contributed by atoms with van der Waals surface area (Å²) >= 11 is 3.22. The Balaban J connectivity index is 2.58. The van der Waals surface area contributed by atoms with Gasteiger partial charge in [-0.1, -0.05) is 6.07 Å². The molecule has 146 valence electrons. The predicted octanol–water partition coefficient (Wildman–Crippen LogP) is 1.67. The van der Waals surface area contributed by atoms with Crippen LogP contribution in [0.1, 0.15) is 24.2 Å². The summed E-state index contributed by atoms with van der Waals surface area (Å²) in [4.78, 5) is 27.0. The van der Waals surface area contributed by atoms with E-state index in [1.807, 2.05) is 30.7 Å². The first kappa shape index (κ1) is 22.8. The second kappa shape index (κ2) is 13.0. The van der Waals surface area contributed by atoms with Gasteiger partial charge in [-0.3, -0.25) is 25.2 Å². The molecule has 2 atom stereocenters. The first-order valence-electron chi connectivity index (χ1n) is 8.33. The van der Waals surface area contributed by atoms with Gasteiger partial charge in [0, 0.05) is 13.1 Å². The summed E-state index contributed by atoms with van der Waals surface area (Å²) in [6.07, 6.45) is 4.99. The van der Waals surface area contributed by atoms with Gasteiger partial charge in [-0.2, -0.15) is 23.5 Å². The fourth-order valence-electron chi connectivity index (χ4n) is 2.28. The molecule has 0 aliphatic carbocycles. The lowest BCUT2D eigenvalue weighted by Gasteiger charge is -2.15. The Labute approximate surface area is 162 Å². The highest BCUT2D eigenvalue weighted by Gasteiger charge is 2.17. The van der Waals surface area contributed by atoms with Crippen molar-refractivity contribution in [1.29, 1.82) is 0 Å². The van der Waals surface area contributed by atoms with Crippen LogP contribution >= 0.6 is 23.5 Å². The van der Waals surface area contributed by atoms with Crippen molar-refractivity contribution >= 4 is 35.5 Å². The number of thioether (sulfide) groups is 2. The molecule has 1 aromatic heterocycles. The zero-order valence-corrected chi connectivity index (χ0v) is 16.7. The molecule has 0 amide bonds. The van der Waals surface area contributed by atoms with Gasteiger partial charge < -0.3 is 10.2 Å². The molecule has 0 bridgehead atoms. The third-order valence-electron chi connectivity index (χ3n) is 3.74. The van der Waals surface area contributed by atoms with Crippen LogP contribution in [0.5, 0.6) is 0 Å². The molecule has 0 spiro atoms. The zero-order valence-electron chi connectivity index (χ0n) is 15.1. The molecule has 0 unspecified atom stereocenters. The summed E-state index contributed by atoms with van der Waals surface area (Å²) in [6.45, 7) is 0.710. The van der Waals surface area contributed by atoms with E-state index >= 15 is 0 Å². The maximum Gasteiger partial charge on any atom is 0.320 e. The van der Waals surface area contributed by atoms with E-state index in [0.717, 1.165) is 22.9 Å². The van der Waals surface area contributed by atoms with Crippen LogP contribution in [0.2, 0.25) is 0 Å². The van der Waals surface area contributed by atoms with E-state index in [2.05, 4.69) is 15.6 Å². The van der Waals surface area contributed by atoms with E-state index in [-0.39, 0.29) is 0 Å². The van der Waals surface area contributed by atoms with E-state index in [1.54, 1.807) is 23.5 Å². The zero-order chi connectivity index (χ0) is 19.4. The predicted molar refractivity (Wildman–Crippen MR) is 107 cm³/mol. The minimum atomic E-state index is -0.866. The molecule has 0 aromatic carbocycles. The lowest BCUT2D eigenvalue weighted by atomic mass is 10.2. The second-order valence-corrected chi connectivity index (χ2v) is 7.70. The van der Waals surface area contributed by atoms with Gasteiger partial charge in [0.1, 0.15) is 12.1 Å². The van der Waals surface area contributed by atoms with Crippen molar-refractivity contribution in [1.82, 2.24) is 15.6 Å². The van der Waals surface area contributed by atoms with E-state index in [1.165, 1.54) is 0 Å². The Hall–Kier alpha value is -1.29. The molecule has 1 aromatic rings. The molecular formula is C17H27N3O4S2. The highest BCUT2D eigenvalue weighted by molar-refractivity contribution is 7.98. The van der Waals surface area contributed by atoms with Crippen molar-refractivity contribution in [2.75, 3.05) is 24.0 Å². The van der Waals surface area contributed by atoms with E-state index < -0.39 is 24.0 Å². The summed E-state index contributed by atoms with van der Waals surface area (Å²) < 4.78 is 0. The molecule has 9 heteroatoms. The molecular weight excluding hydrogens is 374 g/mol. The van der Waals surface area contributed by atoms with Crippen LogP contribution < -0.4 is 10.6 Å². The van der Waals surface area contributed by atoms with Crippen LogP contribution in [-0.4, -0.2) is 63.2 Å². The lowest BCUT2D eigenvalue weighted by molar-refractivity contribution is -0.140. The van der Waals surface area contributed by atoms with E-state index in [0.29, 0.717) is 25.9 Å². The van der Waals surface area contributed by atoms with Crippen LogP contribution in [0, 0.1) is 0 Å². The molecule has 7 nitrogen and oxygen atoms in total. The number of carbonyl (C=O) groups is 2. The minimum Gasteiger partial charge on any atom is -0.480 e. The Morgan fingerprint density at radius 2 is 1.38 bits per heavy atom. The van der Waals surface area contributed by atoms with Crippen molar-refractivity contribution in [2.45, 2.75) is 38.0 Å². The van der Waals surface area contributed by atoms with Gasteiger partial charge in [-0.15, -0.1) is 0 Å². The fourth-order valence-corrected chi connectivity index (χ4v) is 3.22. The molecule has 0 saturated heterocycles. The first-order chi connectivity index (χ1) is 12.5. The number of hydrogen-bond acceptors (Lipinski definition) is 7. The number of pyridine rings is 1. The van der Waals surface area contributed by atoms with Crippen LogP contribution in [0.3, 0.4) is 0 Å². The fraction of sp³-hybridized carbons (Fsp3) is 0.588. The van der Waals surface area contributed by atoms with Gasteiger partial charge in [0.05, 0.1) is 11.4 Å². The average molecular weight is 402 g/mol. The molecule has 0 aliphatic rings. The summed E-state index contributed by atoms with van der Waals surface area (Å²) in [7, 11) is 0. The first-order valence-corrected chi connectivity index (χ1v) is 11.1. The van der Waals surface area contributed by atoms with Crippen molar-refractivity contribution in [2.24, 2.45) is 0 Å². The minimum absolute atomic E-state index is 0.355. The Kier molecular flexibility index (Phi) is 11.3. The monoisotopic (exact) mass is 401 g/mol. The van der Waals surface area contributed by atoms with E-state index in [9.17, 15) is 19.8 Å². The van der Waals surface area contributed by atoms with Gasteiger partial charge in [-0.25, -0.2) is 0 Å². The summed E-state index contributed by atoms with van der Waals surface area (Å²) in [6, 6.07) is 4.29. The molecule has 1 heterocycles. The van der Waals surface area contributed by atoms with Crippen molar-refractivity contribution < 1.29 is 19.8 Å². The van der Waals surface area contributed by atoms with Crippen LogP contribution in [0.4, 0.5) is 0 Å². The van der Waals surface area contributed by atoms with Gasteiger partial charge in [-0.05, 0) is 49.0 Å². The third-order valence-corrected chi connectivity index (χ3v) is 5.03. The Morgan fingerprint density at radius 1 is 0.962 bits per heavy atom. The average Bonchev–Trinajstić information content (AvgIpc) is 2.61. The third kappa shape index (κ3) is 8.88. The van der Waals surface area contributed by atoms with Gasteiger partial charge in [0.2, 0.25) is 0 Å². The topological polar surface area (TPSA) is 112 Å². The van der Waals surface area contributed by atoms with Gasteiger partial charge in [0.25, 0.3) is 0 Å². The number of nitrogens with zero attached hydrogens (tertiary/aromatic N) is 1. The lowest BCUT2D eigenvalue weighted by Crippen LogP contribution is -2.37. The number of hydrogen-bond donors (Lipinski definition) is 4. The van der Waals surface area contributed by atoms with Crippen LogP contribution in [0.25, 0.3) is 0 Å². The maximum absolute atomic E-state index is 11.3. The largest absolute Gasteiger partial charge is 0.480 e. The highest BCUT2D eigenvalue weighted by Crippen LogP contribution is 2.06. The Morgan fingerprint density at radius 3 is 1.73 bits per heavy atom. The molecule has 0 fully saturated rings. The maximum atomic E-state index is 11.3. The Bertz CT molecular complexity index is 529. The number of aliphatic carboxylic acids is 2. The molecule has 26 heavy (non-hydrogen) atoms. The van der Waals surface area contributed by atoms with E-state index in [4.69, 9.17) is 0 Å². The van der Waals surface area contributed by atoms with Crippen molar-refractivity contribution in [3.8, 4) is 0 Å². The number of aromatic nitrogens is 1. The molecule has 0 radical (unpaired) electrons. The molecule has 1 rings (SSSR count). The SMILES string of the molecule is CSCC[C@H](NCc1cccc(CN[C@@H](CCSC)C(=O)O)n1)C(=O)O. The number of rotatable bonds is 14. The number of carboxylic acid groups (broad SMARTS) is 2.